The van der Waals surface area contributed by atoms with E-state index in [1.807, 2.05) is 48.5 Å². The minimum absolute atomic E-state index is 0.293. The number of hydrogen-bond donors (Lipinski definition) is 0. The summed E-state index contributed by atoms with van der Waals surface area (Å²) in [6.07, 6.45) is 18.2. The maximum atomic E-state index is 7.44. The largest absolute Gasteiger partial charge is 0.455 e. The zero-order valence-electron chi connectivity index (χ0n) is 44.2. The van der Waals surface area contributed by atoms with Crippen LogP contribution in [0.3, 0.4) is 0 Å². The van der Waals surface area contributed by atoms with Crippen LogP contribution in [0.5, 0.6) is 0 Å². The standard InChI is InChI=1S/C75H51N5O/c1-2-49(50-23-8-3-9-24-50)31-22-32-56-47-57(75-77-73(54-27-12-5-13-28-54)76-74(78-75)55-29-14-6-15-30-55)48-63(53-41-39-52(40-42-53)51-25-10-4-11-26-51)70(56)80-65-38-21-19-36-62(65)69-67(80)46-44-60-59-43-45-66-68(71(59)81-72(60)69)61-35-18-20-37-64(61)79(66)58-33-16-7-17-34-58/h2-25,27-48,51H,1,26H2/b32-22+,49-31+. The van der Waals surface area contributed by atoms with Gasteiger partial charge in [0.2, 0.25) is 0 Å². The molecule has 382 valence electrons. The Kier molecular flexibility index (Phi) is 11.7. The van der Waals surface area contributed by atoms with Crippen molar-refractivity contribution in [3.05, 3.63) is 296 Å². The lowest BCUT2D eigenvalue weighted by molar-refractivity contribution is 0.677. The molecule has 14 aromatic rings. The second-order valence-electron chi connectivity index (χ2n) is 20.6. The van der Waals surface area contributed by atoms with Crippen molar-refractivity contribution in [1.82, 2.24) is 24.1 Å². The number of furan rings is 1. The Bertz CT molecular complexity index is 4830. The first-order chi connectivity index (χ1) is 40.1. The molecule has 1 unspecified atom stereocenters. The van der Waals surface area contributed by atoms with Crippen molar-refractivity contribution in [1.29, 1.82) is 0 Å². The highest BCUT2D eigenvalue weighted by atomic mass is 16.3. The van der Waals surface area contributed by atoms with E-state index in [2.05, 4.69) is 246 Å². The third kappa shape index (κ3) is 8.23. The van der Waals surface area contributed by atoms with Gasteiger partial charge < -0.3 is 13.6 Å². The van der Waals surface area contributed by atoms with Crippen molar-refractivity contribution in [3.63, 3.8) is 0 Å². The topological polar surface area (TPSA) is 61.7 Å². The summed E-state index contributed by atoms with van der Waals surface area (Å²) in [6.45, 7) is 4.24. The Labute approximate surface area is 468 Å². The first kappa shape index (κ1) is 47.5. The van der Waals surface area contributed by atoms with Crippen LogP contribution in [-0.2, 0) is 0 Å². The molecular formula is C75H51N5O. The lowest BCUT2D eigenvalue weighted by atomic mass is 9.90. The highest BCUT2D eigenvalue weighted by molar-refractivity contribution is 6.29. The third-order valence-corrected chi connectivity index (χ3v) is 15.9. The number of rotatable bonds is 11. The predicted molar refractivity (Wildman–Crippen MR) is 337 cm³/mol. The van der Waals surface area contributed by atoms with E-state index in [0.717, 1.165) is 128 Å². The molecule has 1 aliphatic carbocycles. The smallest absolute Gasteiger partial charge is 0.164 e. The average molecular weight is 1040 g/mol. The molecule has 1 aliphatic rings. The van der Waals surface area contributed by atoms with Crippen LogP contribution in [0.4, 0.5) is 0 Å². The molecule has 81 heavy (non-hydrogen) atoms. The number of hydrogen-bond acceptors (Lipinski definition) is 4. The van der Waals surface area contributed by atoms with E-state index in [9.17, 15) is 0 Å². The fraction of sp³-hybridized carbons (Fsp3) is 0.0267. The maximum Gasteiger partial charge on any atom is 0.164 e. The molecule has 0 amide bonds. The quantitative estimate of drug-likeness (QED) is 0.121. The van der Waals surface area contributed by atoms with Gasteiger partial charge in [-0.2, -0.15) is 0 Å². The number of fused-ring (bicyclic) bond motifs is 11. The lowest BCUT2D eigenvalue weighted by Gasteiger charge is -2.20. The van der Waals surface area contributed by atoms with E-state index in [1.54, 1.807) is 0 Å². The predicted octanol–water partition coefficient (Wildman–Crippen LogP) is 19.5. The molecule has 0 bridgehead atoms. The van der Waals surface area contributed by atoms with Crippen LogP contribution in [0.25, 0.3) is 134 Å². The van der Waals surface area contributed by atoms with Gasteiger partial charge in [-0.1, -0.05) is 225 Å². The fourth-order valence-electron chi connectivity index (χ4n) is 12.1. The van der Waals surface area contributed by atoms with Gasteiger partial charge in [0.25, 0.3) is 0 Å². The Hall–Kier alpha value is -10.7. The second-order valence-corrected chi connectivity index (χ2v) is 20.6. The number of allylic oxidation sites excluding steroid dienone is 8. The first-order valence-electron chi connectivity index (χ1n) is 27.6. The van der Waals surface area contributed by atoms with Gasteiger partial charge in [0.05, 0.1) is 38.5 Å². The number of aromatic nitrogens is 5. The van der Waals surface area contributed by atoms with Gasteiger partial charge in [-0.15, -0.1) is 0 Å². The van der Waals surface area contributed by atoms with Gasteiger partial charge >= 0.3 is 0 Å². The highest BCUT2D eigenvalue weighted by Gasteiger charge is 2.26. The molecule has 0 spiro atoms. The molecule has 0 N–H and O–H groups in total. The van der Waals surface area contributed by atoms with E-state index >= 15 is 0 Å². The van der Waals surface area contributed by atoms with Crippen molar-refractivity contribution in [2.75, 3.05) is 0 Å². The van der Waals surface area contributed by atoms with E-state index in [1.165, 1.54) is 5.56 Å². The molecule has 0 saturated carbocycles. The Balaban J connectivity index is 1.03. The van der Waals surface area contributed by atoms with E-state index in [-0.39, 0.29) is 0 Å². The first-order valence-corrected chi connectivity index (χ1v) is 27.6. The molecule has 0 fully saturated rings. The zero-order valence-corrected chi connectivity index (χ0v) is 44.2. The average Bonchev–Trinajstić information content (AvgIpc) is 4.37. The van der Waals surface area contributed by atoms with Crippen molar-refractivity contribution in [3.8, 4) is 56.7 Å². The summed E-state index contributed by atoms with van der Waals surface area (Å²) in [7, 11) is 0. The van der Waals surface area contributed by atoms with Gasteiger partial charge in [0.1, 0.15) is 11.2 Å². The minimum Gasteiger partial charge on any atom is -0.455 e. The van der Waals surface area contributed by atoms with Crippen molar-refractivity contribution in [2.45, 2.75) is 12.3 Å². The van der Waals surface area contributed by atoms with Gasteiger partial charge in [-0.05, 0) is 94.9 Å². The van der Waals surface area contributed by atoms with Crippen LogP contribution in [0, 0.1) is 0 Å². The van der Waals surface area contributed by atoms with Crippen LogP contribution < -0.4 is 0 Å². The Morgan fingerprint density at radius 1 is 0.481 bits per heavy atom. The molecule has 4 heterocycles. The Morgan fingerprint density at radius 3 is 1.62 bits per heavy atom. The molecule has 15 rings (SSSR count). The molecular weight excluding hydrogens is 987 g/mol. The van der Waals surface area contributed by atoms with Crippen LogP contribution in [0.15, 0.2) is 284 Å². The zero-order chi connectivity index (χ0) is 53.8. The van der Waals surface area contributed by atoms with E-state index in [4.69, 9.17) is 19.4 Å². The van der Waals surface area contributed by atoms with Crippen LogP contribution in [0.2, 0.25) is 0 Å². The van der Waals surface area contributed by atoms with Gasteiger partial charge in [-0.3, -0.25) is 0 Å². The molecule has 0 saturated heterocycles. The highest BCUT2D eigenvalue weighted by Crippen LogP contribution is 2.47. The van der Waals surface area contributed by atoms with Crippen LogP contribution in [-0.4, -0.2) is 24.1 Å². The summed E-state index contributed by atoms with van der Waals surface area (Å²) >= 11 is 0. The Morgan fingerprint density at radius 2 is 1.02 bits per heavy atom. The maximum absolute atomic E-state index is 7.44. The SMILES string of the molecule is C=C/C(=C\C=C\c1cc(-c2nc(-c3ccccc3)nc(-c3ccccc3)n2)cc(-c2ccc(C3C=CC=CC3)cc2)c1-n1c2ccccc2c2c3oc4c(ccc5c4c4ccccc4n5-c4ccccc4)c3ccc21)c1ccccc1. The molecule has 6 heteroatoms. The summed E-state index contributed by atoms with van der Waals surface area (Å²) in [5, 5.41) is 6.53. The summed E-state index contributed by atoms with van der Waals surface area (Å²) in [4.78, 5) is 15.7. The van der Waals surface area contributed by atoms with Crippen molar-refractivity contribution >= 4 is 77.2 Å². The number of nitrogens with zero attached hydrogens (tertiary/aromatic N) is 5. The summed E-state index contributed by atoms with van der Waals surface area (Å²) in [6, 6.07) is 81.5. The minimum atomic E-state index is 0.293. The van der Waals surface area contributed by atoms with Crippen molar-refractivity contribution < 1.29 is 4.42 Å². The second kappa shape index (κ2) is 20.0. The van der Waals surface area contributed by atoms with Gasteiger partial charge in [0.15, 0.2) is 17.5 Å². The van der Waals surface area contributed by atoms with E-state index < -0.39 is 0 Å². The lowest BCUT2D eigenvalue weighted by Crippen LogP contribution is -2.04. The summed E-state index contributed by atoms with van der Waals surface area (Å²) in [5.41, 5.74) is 17.2. The number of benzene rings is 10. The molecule has 0 aliphatic heterocycles. The normalized spacial score (nSPS) is 13.7. The molecule has 1 atom stereocenters. The molecule has 4 aromatic heterocycles. The molecule has 10 aromatic carbocycles. The third-order valence-electron chi connectivity index (χ3n) is 15.9. The van der Waals surface area contributed by atoms with Crippen LogP contribution in [0.1, 0.15) is 29.0 Å². The van der Waals surface area contributed by atoms with Crippen LogP contribution >= 0.6 is 0 Å². The van der Waals surface area contributed by atoms with Gasteiger partial charge in [0, 0.05) is 55.4 Å². The number of para-hydroxylation sites is 3. The summed E-state index contributed by atoms with van der Waals surface area (Å²) in [5.74, 6) is 2.06. The van der Waals surface area contributed by atoms with Gasteiger partial charge in [-0.25, -0.2) is 15.0 Å². The monoisotopic (exact) mass is 1040 g/mol. The fourth-order valence-corrected chi connectivity index (χ4v) is 12.1. The molecule has 6 nitrogen and oxygen atoms in total. The van der Waals surface area contributed by atoms with E-state index in [0.29, 0.717) is 23.4 Å². The molecule has 0 radical (unpaired) electrons. The van der Waals surface area contributed by atoms with Crippen molar-refractivity contribution in [2.24, 2.45) is 0 Å². The summed E-state index contributed by atoms with van der Waals surface area (Å²) < 4.78 is 12.2.